The van der Waals surface area contributed by atoms with E-state index >= 15 is 0 Å². The molecule has 0 saturated heterocycles. The van der Waals surface area contributed by atoms with Crippen LogP contribution >= 0.6 is 0 Å². The maximum atomic E-state index is 12.0. The van der Waals surface area contributed by atoms with Gasteiger partial charge in [0, 0.05) is 24.4 Å². The van der Waals surface area contributed by atoms with Gasteiger partial charge in [0.15, 0.2) is 17.3 Å². The van der Waals surface area contributed by atoms with Gasteiger partial charge in [0.1, 0.15) is 5.52 Å². The van der Waals surface area contributed by atoms with E-state index < -0.39 is 0 Å². The summed E-state index contributed by atoms with van der Waals surface area (Å²) < 4.78 is 5.37. The molecule has 0 bridgehead atoms. The number of nitrogens with two attached hydrogens (primary N) is 1. The summed E-state index contributed by atoms with van der Waals surface area (Å²) in [6.07, 6.45) is 1.12. The Labute approximate surface area is 106 Å². The third-order valence-electron chi connectivity index (χ3n) is 2.81. The van der Waals surface area contributed by atoms with Crippen LogP contribution in [0.4, 0.5) is 0 Å². The molecule has 0 aliphatic heterocycles. The van der Waals surface area contributed by atoms with E-state index in [-0.39, 0.29) is 11.3 Å². The van der Waals surface area contributed by atoms with Crippen molar-refractivity contribution in [2.45, 2.75) is 39.2 Å². The lowest BCUT2D eigenvalue weighted by molar-refractivity contribution is 0.0972. The molecule has 1 aromatic heterocycles. The van der Waals surface area contributed by atoms with E-state index in [1.807, 2.05) is 13.8 Å². The van der Waals surface area contributed by atoms with Crippen molar-refractivity contribution in [3.8, 4) is 0 Å². The number of hydrogen-bond donors (Lipinski definition) is 1. The molecule has 0 fully saturated rings. The van der Waals surface area contributed by atoms with Crippen molar-refractivity contribution >= 4 is 16.9 Å². The van der Waals surface area contributed by atoms with E-state index in [0.717, 1.165) is 5.52 Å². The number of oxazole rings is 1. The largest absolute Gasteiger partial charge is 0.441 e. The van der Waals surface area contributed by atoms with Gasteiger partial charge in [-0.1, -0.05) is 0 Å². The van der Waals surface area contributed by atoms with Crippen molar-refractivity contribution in [1.29, 1.82) is 0 Å². The average molecular weight is 246 g/mol. The highest BCUT2D eigenvalue weighted by atomic mass is 16.3. The first-order valence-corrected chi connectivity index (χ1v) is 6.04. The molecular weight excluding hydrogens is 228 g/mol. The van der Waals surface area contributed by atoms with Gasteiger partial charge in [-0.2, -0.15) is 0 Å². The van der Waals surface area contributed by atoms with Crippen LogP contribution in [0.5, 0.6) is 0 Å². The number of Topliss-reactive ketones (excluding diaryl/α,β-unsaturated/α-hetero) is 1. The number of benzene rings is 1. The predicted octanol–water partition coefficient (Wildman–Crippen LogP) is 2.84. The molecule has 0 aliphatic carbocycles. The minimum atomic E-state index is -0.315. The normalized spacial score (nSPS) is 12.0. The number of rotatable bonds is 4. The van der Waals surface area contributed by atoms with Crippen molar-refractivity contribution in [3.05, 3.63) is 29.7 Å². The monoisotopic (exact) mass is 246 g/mol. The first-order valence-electron chi connectivity index (χ1n) is 6.04. The van der Waals surface area contributed by atoms with Gasteiger partial charge >= 0.3 is 0 Å². The number of fused-ring (bicyclic) bond motifs is 1. The Morgan fingerprint density at radius 2 is 2.17 bits per heavy atom. The number of carbonyl (C=O) groups excluding carboxylic acids is 1. The topological polar surface area (TPSA) is 69.1 Å². The fourth-order valence-corrected chi connectivity index (χ4v) is 1.80. The Bertz CT molecular complexity index is 579. The van der Waals surface area contributed by atoms with Crippen molar-refractivity contribution < 1.29 is 9.21 Å². The predicted molar refractivity (Wildman–Crippen MR) is 70.6 cm³/mol. The molecule has 0 saturated carbocycles. The van der Waals surface area contributed by atoms with Crippen LogP contribution in [-0.2, 0) is 0 Å². The first kappa shape index (κ1) is 12.8. The number of ketones is 1. The number of hydrogen-bond acceptors (Lipinski definition) is 4. The Balaban J connectivity index is 2.17. The van der Waals surface area contributed by atoms with E-state index in [1.54, 1.807) is 25.1 Å². The summed E-state index contributed by atoms with van der Waals surface area (Å²) in [5.74, 6) is 0.703. The summed E-state index contributed by atoms with van der Waals surface area (Å²) in [6, 6.07) is 5.34. The maximum absolute atomic E-state index is 12.0. The Hall–Kier alpha value is -1.68. The quantitative estimate of drug-likeness (QED) is 0.842. The molecule has 18 heavy (non-hydrogen) atoms. The number of aromatic nitrogens is 1. The first-order chi connectivity index (χ1) is 8.35. The van der Waals surface area contributed by atoms with Gasteiger partial charge in [-0.3, -0.25) is 4.79 Å². The molecule has 1 aromatic carbocycles. The third-order valence-corrected chi connectivity index (χ3v) is 2.81. The molecule has 96 valence electrons. The Morgan fingerprint density at radius 3 is 2.83 bits per heavy atom. The van der Waals surface area contributed by atoms with E-state index in [4.69, 9.17) is 10.2 Å². The zero-order valence-corrected chi connectivity index (χ0v) is 11.0. The lowest BCUT2D eigenvalue weighted by Crippen LogP contribution is -2.32. The van der Waals surface area contributed by atoms with Crippen LogP contribution in [0.3, 0.4) is 0 Å². The molecule has 0 aliphatic rings. The van der Waals surface area contributed by atoms with Crippen LogP contribution in [0.25, 0.3) is 11.1 Å². The van der Waals surface area contributed by atoms with Crippen molar-refractivity contribution in [1.82, 2.24) is 4.98 Å². The molecule has 4 nitrogen and oxygen atoms in total. The molecule has 0 spiro atoms. The molecule has 1 heterocycles. The summed E-state index contributed by atoms with van der Waals surface area (Å²) in [5, 5.41) is 0. The SMILES string of the molecule is Cc1nc2cc(C(=O)CCC(C)(C)N)ccc2o1. The van der Waals surface area contributed by atoms with E-state index in [0.29, 0.717) is 29.9 Å². The Kier molecular flexibility index (Phi) is 3.22. The van der Waals surface area contributed by atoms with E-state index in [9.17, 15) is 4.79 Å². The number of carbonyl (C=O) groups is 1. The van der Waals surface area contributed by atoms with Crippen molar-refractivity contribution in [2.75, 3.05) is 0 Å². The standard InChI is InChI=1S/C14H18N2O2/c1-9-16-11-8-10(4-5-13(11)18-9)12(17)6-7-14(2,3)15/h4-5,8H,6-7,15H2,1-3H3. The zero-order chi connectivity index (χ0) is 13.3. The second kappa shape index (κ2) is 4.53. The second-order valence-electron chi connectivity index (χ2n) is 5.33. The highest BCUT2D eigenvalue weighted by Crippen LogP contribution is 2.19. The Morgan fingerprint density at radius 1 is 1.44 bits per heavy atom. The highest BCUT2D eigenvalue weighted by Gasteiger charge is 2.15. The summed E-state index contributed by atoms with van der Waals surface area (Å²) in [5.41, 5.74) is 7.67. The molecule has 2 aromatic rings. The van der Waals surface area contributed by atoms with Gasteiger partial charge in [-0.05, 0) is 38.5 Å². The fraction of sp³-hybridized carbons (Fsp3) is 0.429. The third kappa shape index (κ3) is 2.96. The van der Waals surface area contributed by atoms with Crippen LogP contribution in [0.2, 0.25) is 0 Å². The summed E-state index contributed by atoms with van der Waals surface area (Å²) in [4.78, 5) is 16.2. The summed E-state index contributed by atoms with van der Waals surface area (Å²) in [6.45, 7) is 5.63. The van der Waals surface area contributed by atoms with Gasteiger partial charge in [-0.25, -0.2) is 4.98 Å². The van der Waals surface area contributed by atoms with Crippen LogP contribution in [0.1, 0.15) is 42.9 Å². The lowest BCUT2D eigenvalue weighted by atomic mass is 9.96. The van der Waals surface area contributed by atoms with Gasteiger partial charge in [0.25, 0.3) is 0 Å². The van der Waals surface area contributed by atoms with Gasteiger partial charge in [0.2, 0.25) is 0 Å². The second-order valence-corrected chi connectivity index (χ2v) is 5.33. The molecule has 0 amide bonds. The maximum Gasteiger partial charge on any atom is 0.192 e. The molecule has 0 radical (unpaired) electrons. The van der Waals surface area contributed by atoms with E-state index in [2.05, 4.69) is 4.98 Å². The van der Waals surface area contributed by atoms with Gasteiger partial charge < -0.3 is 10.2 Å². The van der Waals surface area contributed by atoms with Crippen molar-refractivity contribution in [3.63, 3.8) is 0 Å². The summed E-state index contributed by atoms with van der Waals surface area (Å²) >= 11 is 0. The zero-order valence-electron chi connectivity index (χ0n) is 11.0. The average Bonchev–Trinajstić information content (AvgIpc) is 2.63. The number of nitrogens with zero attached hydrogens (tertiary/aromatic N) is 1. The minimum absolute atomic E-state index is 0.0936. The van der Waals surface area contributed by atoms with Gasteiger partial charge in [-0.15, -0.1) is 0 Å². The molecule has 2 N–H and O–H groups in total. The van der Waals surface area contributed by atoms with Gasteiger partial charge in [0.05, 0.1) is 0 Å². The highest BCUT2D eigenvalue weighted by molar-refractivity contribution is 5.98. The fourth-order valence-electron chi connectivity index (χ4n) is 1.80. The van der Waals surface area contributed by atoms with Crippen LogP contribution in [-0.4, -0.2) is 16.3 Å². The van der Waals surface area contributed by atoms with Crippen LogP contribution < -0.4 is 5.73 Å². The number of aryl methyl sites for hydroxylation is 1. The molecule has 4 heteroatoms. The van der Waals surface area contributed by atoms with E-state index in [1.165, 1.54) is 0 Å². The smallest absolute Gasteiger partial charge is 0.192 e. The van der Waals surface area contributed by atoms with Crippen molar-refractivity contribution in [2.24, 2.45) is 5.73 Å². The molecule has 2 rings (SSSR count). The van der Waals surface area contributed by atoms with Crippen LogP contribution in [0.15, 0.2) is 22.6 Å². The minimum Gasteiger partial charge on any atom is -0.441 e. The molecular formula is C14H18N2O2. The molecule has 0 atom stereocenters. The summed E-state index contributed by atoms with van der Waals surface area (Å²) in [7, 11) is 0. The lowest BCUT2D eigenvalue weighted by Gasteiger charge is -2.17. The molecule has 0 unspecified atom stereocenters. The van der Waals surface area contributed by atoms with Crippen LogP contribution in [0, 0.1) is 6.92 Å².